The van der Waals surface area contributed by atoms with Crippen molar-refractivity contribution in [1.29, 1.82) is 5.26 Å². The Balaban J connectivity index is 2.21. The van der Waals surface area contributed by atoms with Gasteiger partial charge in [-0.15, -0.1) is 0 Å². The molecule has 106 valence electrons. The Labute approximate surface area is 117 Å². The normalized spacial score (nSPS) is 15.7. The molecule has 2 rings (SSSR count). The van der Waals surface area contributed by atoms with E-state index < -0.39 is 0 Å². The number of aryl methyl sites for hydroxylation is 1. The van der Waals surface area contributed by atoms with Crippen LogP contribution in [0.5, 0.6) is 0 Å². The van der Waals surface area contributed by atoms with Crippen LogP contribution in [0.3, 0.4) is 0 Å². The predicted octanol–water partition coefficient (Wildman–Crippen LogP) is 3.18. The Morgan fingerprint density at radius 1 is 1.30 bits per heavy atom. The van der Waals surface area contributed by atoms with E-state index in [1.165, 1.54) is 13.3 Å². The van der Waals surface area contributed by atoms with Crippen molar-refractivity contribution < 1.29 is 14.0 Å². The van der Waals surface area contributed by atoms with Crippen LogP contribution in [-0.2, 0) is 4.79 Å². The molecule has 0 atom stereocenters. The minimum Gasteiger partial charge on any atom is -0.443 e. The van der Waals surface area contributed by atoms with Crippen molar-refractivity contribution in [2.75, 3.05) is 5.32 Å². The molecule has 0 saturated heterocycles. The van der Waals surface area contributed by atoms with Gasteiger partial charge in [-0.2, -0.15) is 5.26 Å². The van der Waals surface area contributed by atoms with E-state index in [9.17, 15) is 14.9 Å². The molecule has 0 unspecified atom stereocenters. The number of furan rings is 1. The van der Waals surface area contributed by atoms with Crippen LogP contribution >= 0.6 is 0 Å². The third-order valence-electron chi connectivity index (χ3n) is 3.76. The number of rotatable bonds is 3. The SMILES string of the molecule is CC(=O)c1c(C)oc(NC(=O)C2CCCCC2)c1C#N. The quantitative estimate of drug-likeness (QED) is 0.858. The van der Waals surface area contributed by atoms with Gasteiger partial charge in [0.25, 0.3) is 0 Å². The predicted molar refractivity (Wildman–Crippen MR) is 73.4 cm³/mol. The molecule has 1 N–H and O–H groups in total. The van der Waals surface area contributed by atoms with Gasteiger partial charge >= 0.3 is 0 Å². The highest BCUT2D eigenvalue weighted by atomic mass is 16.4. The number of amides is 1. The molecular formula is C15H18N2O3. The first kappa shape index (κ1) is 14.3. The molecular weight excluding hydrogens is 256 g/mol. The van der Waals surface area contributed by atoms with Crippen molar-refractivity contribution in [3.63, 3.8) is 0 Å². The van der Waals surface area contributed by atoms with Gasteiger partial charge < -0.3 is 4.42 Å². The average Bonchev–Trinajstić information content (AvgIpc) is 2.75. The van der Waals surface area contributed by atoms with Crippen molar-refractivity contribution >= 4 is 17.6 Å². The maximum Gasteiger partial charge on any atom is 0.229 e. The number of carbonyl (C=O) groups excluding carboxylic acids is 2. The van der Waals surface area contributed by atoms with Crippen LogP contribution < -0.4 is 5.32 Å². The van der Waals surface area contributed by atoms with Crippen LogP contribution in [0, 0.1) is 24.2 Å². The molecule has 0 aliphatic heterocycles. The van der Waals surface area contributed by atoms with E-state index in [2.05, 4.69) is 5.32 Å². The lowest BCUT2D eigenvalue weighted by Crippen LogP contribution is -2.24. The Kier molecular flexibility index (Phi) is 4.23. The van der Waals surface area contributed by atoms with Gasteiger partial charge in [-0.05, 0) is 26.7 Å². The van der Waals surface area contributed by atoms with Crippen LogP contribution in [-0.4, -0.2) is 11.7 Å². The highest BCUT2D eigenvalue weighted by Gasteiger charge is 2.26. The van der Waals surface area contributed by atoms with E-state index >= 15 is 0 Å². The summed E-state index contributed by atoms with van der Waals surface area (Å²) < 4.78 is 5.38. The van der Waals surface area contributed by atoms with Gasteiger partial charge in [0.15, 0.2) is 5.78 Å². The lowest BCUT2D eigenvalue weighted by atomic mass is 9.88. The van der Waals surface area contributed by atoms with E-state index in [1.54, 1.807) is 6.92 Å². The summed E-state index contributed by atoms with van der Waals surface area (Å²) >= 11 is 0. The lowest BCUT2D eigenvalue weighted by Gasteiger charge is -2.20. The number of nitriles is 1. The van der Waals surface area contributed by atoms with E-state index in [-0.39, 0.29) is 34.6 Å². The fourth-order valence-electron chi connectivity index (χ4n) is 2.74. The monoisotopic (exact) mass is 274 g/mol. The number of carbonyl (C=O) groups is 2. The van der Waals surface area contributed by atoms with Gasteiger partial charge in [0.1, 0.15) is 17.4 Å². The molecule has 1 fully saturated rings. The molecule has 20 heavy (non-hydrogen) atoms. The number of Topliss-reactive ketones (excluding diaryl/α,β-unsaturated/α-hetero) is 1. The van der Waals surface area contributed by atoms with E-state index in [0.717, 1.165) is 25.7 Å². The number of nitrogens with one attached hydrogen (secondary N) is 1. The van der Waals surface area contributed by atoms with Gasteiger partial charge in [-0.25, -0.2) is 0 Å². The molecule has 0 radical (unpaired) electrons. The largest absolute Gasteiger partial charge is 0.443 e. The van der Waals surface area contributed by atoms with Crippen molar-refractivity contribution in [2.45, 2.75) is 46.0 Å². The molecule has 1 saturated carbocycles. The van der Waals surface area contributed by atoms with Crippen LogP contribution in [0.15, 0.2) is 4.42 Å². The third kappa shape index (κ3) is 2.74. The topological polar surface area (TPSA) is 83.1 Å². The molecule has 0 aromatic carbocycles. The first-order chi connectivity index (χ1) is 9.54. The van der Waals surface area contributed by atoms with Crippen LogP contribution in [0.25, 0.3) is 0 Å². The molecule has 1 amide bonds. The highest BCUT2D eigenvalue weighted by Crippen LogP contribution is 2.29. The molecule has 0 bridgehead atoms. The Bertz CT molecular complexity index is 575. The fraction of sp³-hybridized carbons (Fsp3) is 0.533. The minimum absolute atomic E-state index is 0.0264. The summed E-state index contributed by atoms with van der Waals surface area (Å²) in [6, 6.07) is 1.95. The number of hydrogen-bond donors (Lipinski definition) is 1. The van der Waals surface area contributed by atoms with Crippen molar-refractivity contribution in [1.82, 2.24) is 0 Å². The number of hydrogen-bond acceptors (Lipinski definition) is 4. The molecule has 0 spiro atoms. The zero-order chi connectivity index (χ0) is 14.7. The van der Waals surface area contributed by atoms with Crippen LogP contribution in [0.1, 0.15) is 60.7 Å². The number of nitrogens with zero attached hydrogens (tertiary/aromatic N) is 1. The highest BCUT2D eigenvalue weighted by molar-refractivity contribution is 6.01. The lowest BCUT2D eigenvalue weighted by molar-refractivity contribution is -0.120. The van der Waals surface area contributed by atoms with E-state index in [4.69, 9.17) is 4.42 Å². The summed E-state index contributed by atoms with van der Waals surface area (Å²) in [6.07, 6.45) is 5.01. The zero-order valence-electron chi connectivity index (χ0n) is 11.8. The summed E-state index contributed by atoms with van der Waals surface area (Å²) in [6.45, 7) is 3.00. The second-order valence-electron chi connectivity index (χ2n) is 5.23. The second kappa shape index (κ2) is 5.91. The summed E-state index contributed by atoms with van der Waals surface area (Å²) in [4.78, 5) is 23.7. The average molecular weight is 274 g/mol. The molecule has 5 nitrogen and oxygen atoms in total. The molecule has 1 aromatic rings. The number of ketones is 1. The number of anilines is 1. The molecule has 1 aliphatic carbocycles. The Hall–Kier alpha value is -2.09. The summed E-state index contributed by atoms with van der Waals surface area (Å²) in [5.41, 5.74) is 0.380. The minimum atomic E-state index is -0.235. The smallest absolute Gasteiger partial charge is 0.229 e. The van der Waals surface area contributed by atoms with Crippen LogP contribution in [0.2, 0.25) is 0 Å². The standard InChI is InChI=1S/C15H18N2O3/c1-9(18)13-10(2)20-15(12(13)8-16)17-14(19)11-6-4-3-5-7-11/h11H,3-7H2,1-2H3,(H,17,19). The second-order valence-corrected chi connectivity index (χ2v) is 5.23. The van der Waals surface area contributed by atoms with Crippen LogP contribution in [0.4, 0.5) is 5.88 Å². The Morgan fingerprint density at radius 3 is 2.50 bits per heavy atom. The molecule has 5 heteroatoms. The van der Waals surface area contributed by atoms with E-state index in [1.807, 2.05) is 6.07 Å². The summed E-state index contributed by atoms with van der Waals surface area (Å²) in [5, 5.41) is 11.8. The molecule has 1 aromatic heterocycles. The fourth-order valence-corrected chi connectivity index (χ4v) is 2.74. The Morgan fingerprint density at radius 2 is 1.95 bits per heavy atom. The van der Waals surface area contributed by atoms with Gasteiger partial charge in [-0.3, -0.25) is 14.9 Å². The van der Waals surface area contributed by atoms with Crippen molar-refractivity contribution in [3.05, 3.63) is 16.9 Å². The molecule has 1 aliphatic rings. The van der Waals surface area contributed by atoms with Crippen molar-refractivity contribution in [3.8, 4) is 6.07 Å². The first-order valence-corrected chi connectivity index (χ1v) is 6.90. The molecule has 1 heterocycles. The van der Waals surface area contributed by atoms with Gasteiger partial charge in [-0.1, -0.05) is 19.3 Å². The summed E-state index contributed by atoms with van der Waals surface area (Å²) in [5.74, 6) is 0.0891. The third-order valence-corrected chi connectivity index (χ3v) is 3.76. The van der Waals surface area contributed by atoms with Gasteiger partial charge in [0.05, 0.1) is 5.56 Å². The zero-order valence-corrected chi connectivity index (χ0v) is 11.8. The maximum absolute atomic E-state index is 12.2. The van der Waals surface area contributed by atoms with Gasteiger partial charge in [0, 0.05) is 5.92 Å². The maximum atomic E-state index is 12.2. The van der Waals surface area contributed by atoms with Gasteiger partial charge in [0.2, 0.25) is 11.8 Å². The van der Waals surface area contributed by atoms with Crippen molar-refractivity contribution in [2.24, 2.45) is 5.92 Å². The van der Waals surface area contributed by atoms with E-state index in [0.29, 0.717) is 5.76 Å². The summed E-state index contributed by atoms with van der Waals surface area (Å²) in [7, 11) is 0. The first-order valence-electron chi connectivity index (χ1n) is 6.90.